The van der Waals surface area contributed by atoms with Gasteiger partial charge in [0.1, 0.15) is 5.60 Å². The Hall–Kier alpha value is -1.06. The van der Waals surface area contributed by atoms with Gasteiger partial charge in [0.25, 0.3) is 0 Å². The lowest BCUT2D eigenvalue weighted by molar-refractivity contribution is -0.155. The van der Waals surface area contributed by atoms with Crippen LogP contribution in [0.5, 0.6) is 0 Å². The molecule has 0 aromatic heterocycles. The zero-order chi connectivity index (χ0) is 13.1. The van der Waals surface area contributed by atoms with Gasteiger partial charge in [0.15, 0.2) is 0 Å². The Bertz CT molecular complexity index is 381. The van der Waals surface area contributed by atoms with Gasteiger partial charge in [-0.2, -0.15) is 0 Å². The molecule has 0 aliphatic carbocycles. The Morgan fingerprint density at radius 1 is 1.35 bits per heavy atom. The van der Waals surface area contributed by atoms with Crippen LogP contribution in [0, 0.1) is 0 Å². The predicted molar refractivity (Wildman–Crippen MR) is 68.8 cm³/mol. The van der Waals surface area contributed by atoms with Crippen molar-refractivity contribution in [3.05, 3.63) is 34.9 Å². The summed E-state index contributed by atoms with van der Waals surface area (Å²) in [4.78, 5) is 11.6. The van der Waals surface area contributed by atoms with E-state index in [-0.39, 0.29) is 18.4 Å². The number of benzene rings is 1. The van der Waals surface area contributed by atoms with Gasteiger partial charge in [0.2, 0.25) is 0 Å². The highest BCUT2D eigenvalue weighted by Gasteiger charge is 2.19. The standard InChI is InChI=1S/C13H18ClNO2/c1-13(2,3)17-12(16)8-11(15)9-4-6-10(14)7-5-9/h4-7,11H,8,15H2,1-3H3/t11-/m0/s1. The average Bonchev–Trinajstić information content (AvgIpc) is 2.15. The van der Waals surface area contributed by atoms with Crippen LogP contribution in [0.4, 0.5) is 0 Å². The number of halogens is 1. The molecule has 0 heterocycles. The first kappa shape index (κ1) is 14.0. The van der Waals surface area contributed by atoms with E-state index in [1.165, 1.54) is 0 Å². The van der Waals surface area contributed by atoms with Gasteiger partial charge in [-0.05, 0) is 38.5 Å². The van der Waals surface area contributed by atoms with Crippen LogP contribution < -0.4 is 5.73 Å². The molecular formula is C13H18ClNO2. The quantitative estimate of drug-likeness (QED) is 0.845. The molecule has 0 aliphatic rings. The summed E-state index contributed by atoms with van der Waals surface area (Å²) in [7, 11) is 0. The third-order valence-electron chi connectivity index (χ3n) is 2.10. The van der Waals surface area contributed by atoms with Crippen molar-refractivity contribution in [1.82, 2.24) is 0 Å². The van der Waals surface area contributed by atoms with Crippen LogP contribution >= 0.6 is 11.6 Å². The van der Waals surface area contributed by atoms with Gasteiger partial charge in [-0.25, -0.2) is 0 Å². The Morgan fingerprint density at radius 3 is 2.35 bits per heavy atom. The first-order chi connectivity index (χ1) is 7.78. The molecule has 4 heteroatoms. The first-order valence-electron chi connectivity index (χ1n) is 5.51. The summed E-state index contributed by atoms with van der Waals surface area (Å²) in [6.07, 6.45) is 0.166. The van der Waals surface area contributed by atoms with E-state index in [0.29, 0.717) is 5.02 Å². The third-order valence-corrected chi connectivity index (χ3v) is 2.36. The number of hydrogen-bond donors (Lipinski definition) is 1. The summed E-state index contributed by atoms with van der Waals surface area (Å²) < 4.78 is 5.21. The Labute approximate surface area is 107 Å². The molecule has 1 rings (SSSR count). The van der Waals surface area contributed by atoms with Crippen LogP contribution in [0.2, 0.25) is 5.02 Å². The molecule has 0 saturated heterocycles. The molecule has 3 nitrogen and oxygen atoms in total. The van der Waals surface area contributed by atoms with Gasteiger partial charge in [0.05, 0.1) is 6.42 Å². The molecule has 1 aromatic rings. The van der Waals surface area contributed by atoms with Crippen LogP contribution in [-0.4, -0.2) is 11.6 Å². The normalized spacial score (nSPS) is 13.2. The van der Waals surface area contributed by atoms with Gasteiger partial charge in [-0.15, -0.1) is 0 Å². The third kappa shape index (κ3) is 5.20. The summed E-state index contributed by atoms with van der Waals surface area (Å²) in [6.45, 7) is 5.50. The molecule has 0 spiro atoms. The van der Waals surface area contributed by atoms with E-state index in [0.717, 1.165) is 5.56 Å². The van der Waals surface area contributed by atoms with Crippen molar-refractivity contribution in [2.45, 2.75) is 38.8 Å². The average molecular weight is 256 g/mol. The van der Waals surface area contributed by atoms with Crippen molar-refractivity contribution in [2.75, 3.05) is 0 Å². The van der Waals surface area contributed by atoms with Crippen molar-refractivity contribution in [3.63, 3.8) is 0 Å². The summed E-state index contributed by atoms with van der Waals surface area (Å²) in [6, 6.07) is 6.79. The van der Waals surface area contributed by atoms with Crippen molar-refractivity contribution < 1.29 is 9.53 Å². The van der Waals surface area contributed by atoms with Gasteiger partial charge in [-0.1, -0.05) is 23.7 Å². The van der Waals surface area contributed by atoms with Crippen LogP contribution in [0.3, 0.4) is 0 Å². The lowest BCUT2D eigenvalue weighted by atomic mass is 10.0. The van der Waals surface area contributed by atoms with Crippen molar-refractivity contribution in [1.29, 1.82) is 0 Å². The minimum Gasteiger partial charge on any atom is -0.460 e. The number of carbonyl (C=O) groups is 1. The van der Waals surface area contributed by atoms with E-state index in [1.807, 2.05) is 32.9 Å². The molecule has 1 atom stereocenters. The van der Waals surface area contributed by atoms with Gasteiger partial charge in [0, 0.05) is 11.1 Å². The van der Waals surface area contributed by atoms with E-state index in [1.54, 1.807) is 12.1 Å². The molecule has 0 fully saturated rings. The second kappa shape index (κ2) is 5.52. The lowest BCUT2D eigenvalue weighted by Gasteiger charge is -2.21. The summed E-state index contributed by atoms with van der Waals surface area (Å²) in [5.74, 6) is -0.292. The monoisotopic (exact) mass is 255 g/mol. The maximum atomic E-state index is 11.6. The molecule has 1 aromatic carbocycles. The minimum absolute atomic E-state index is 0.166. The van der Waals surface area contributed by atoms with Crippen LogP contribution in [0.1, 0.15) is 38.8 Å². The van der Waals surface area contributed by atoms with Crippen LogP contribution in [0.15, 0.2) is 24.3 Å². The SMILES string of the molecule is CC(C)(C)OC(=O)C[C@H](N)c1ccc(Cl)cc1. The summed E-state index contributed by atoms with van der Waals surface area (Å²) in [5.41, 5.74) is 6.32. The maximum absolute atomic E-state index is 11.6. The van der Waals surface area contributed by atoms with Crippen molar-refractivity contribution in [3.8, 4) is 0 Å². The fraction of sp³-hybridized carbons (Fsp3) is 0.462. The zero-order valence-electron chi connectivity index (χ0n) is 10.4. The number of hydrogen-bond acceptors (Lipinski definition) is 3. The molecule has 17 heavy (non-hydrogen) atoms. The highest BCUT2D eigenvalue weighted by atomic mass is 35.5. The molecule has 94 valence electrons. The first-order valence-corrected chi connectivity index (χ1v) is 5.88. The van der Waals surface area contributed by atoms with Crippen molar-refractivity contribution >= 4 is 17.6 Å². The number of ether oxygens (including phenoxy) is 1. The second-order valence-corrected chi connectivity index (χ2v) is 5.39. The number of carbonyl (C=O) groups excluding carboxylic acids is 1. The Morgan fingerprint density at radius 2 is 1.88 bits per heavy atom. The number of esters is 1. The highest BCUT2D eigenvalue weighted by Crippen LogP contribution is 2.19. The van der Waals surface area contributed by atoms with E-state index in [2.05, 4.69) is 0 Å². The van der Waals surface area contributed by atoms with Crippen LogP contribution in [-0.2, 0) is 9.53 Å². The minimum atomic E-state index is -0.475. The predicted octanol–water partition coefficient (Wildman–Crippen LogP) is 3.07. The summed E-state index contributed by atoms with van der Waals surface area (Å²) in [5, 5.41) is 0.651. The highest BCUT2D eigenvalue weighted by molar-refractivity contribution is 6.30. The lowest BCUT2D eigenvalue weighted by Crippen LogP contribution is -2.26. The molecule has 0 saturated carbocycles. The fourth-order valence-corrected chi connectivity index (χ4v) is 1.52. The fourth-order valence-electron chi connectivity index (χ4n) is 1.39. The van der Waals surface area contributed by atoms with E-state index < -0.39 is 5.60 Å². The van der Waals surface area contributed by atoms with Gasteiger partial charge in [-0.3, -0.25) is 4.79 Å². The largest absolute Gasteiger partial charge is 0.460 e. The molecule has 0 aliphatic heterocycles. The molecule has 0 bridgehead atoms. The number of nitrogens with two attached hydrogens (primary N) is 1. The van der Waals surface area contributed by atoms with E-state index >= 15 is 0 Å². The van der Waals surface area contributed by atoms with E-state index in [9.17, 15) is 4.79 Å². The second-order valence-electron chi connectivity index (χ2n) is 4.95. The molecule has 2 N–H and O–H groups in total. The van der Waals surface area contributed by atoms with E-state index in [4.69, 9.17) is 22.1 Å². The zero-order valence-corrected chi connectivity index (χ0v) is 11.1. The molecular weight excluding hydrogens is 238 g/mol. The molecule has 0 unspecified atom stereocenters. The Balaban J connectivity index is 2.57. The topological polar surface area (TPSA) is 52.3 Å². The number of rotatable bonds is 3. The Kier molecular flexibility index (Phi) is 4.54. The van der Waals surface area contributed by atoms with Crippen LogP contribution in [0.25, 0.3) is 0 Å². The molecule has 0 amide bonds. The summed E-state index contributed by atoms with van der Waals surface area (Å²) >= 11 is 5.78. The smallest absolute Gasteiger partial charge is 0.308 e. The van der Waals surface area contributed by atoms with Gasteiger partial charge >= 0.3 is 5.97 Å². The van der Waals surface area contributed by atoms with Crippen molar-refractivity contribution in [2.24, 2.45) is 5.73 Å². The van der Waals surface area contributed by atoms with Gasteiger partial charge < -0.3 is 10.5 Å². The maximum Gasteiger partial charge on any atom is 0.308 e. The molecule has 0 radical (unpaired) electrons.